The molecule has 0 radical (unpaired) electrons. The second-order valence-corrected chi connectivity index (χ2v) is 6.65. The summed E-state index contributed by atoms with van der Waals surface area (Å²) in [6, 6.07) is 12.1. The summed E-state index contributed by atoms with van der Waals surface area (Å²) < 4.78 is 0. The minimum Gasteiger partial charge on any atom is -0.340 e. The number of nitro groups is 1. The number of carbonyl (C=O) groups is 2. The minimum absolute atomic E-state index is 0.0279. The van der Waals surface area contributed by atoms with Gasteiger partial charge in [0.15, 0.2) is 0 Å². The summed E-state index contributed by atoms with van der Waals surface area (Å²) in [5, 5.41) is 17.2. The summed E-state index contributed by atoms with van der Waals surface area (Å²) in [6.07, 6.45) is 1.38. The molecule has 2 N–H and O–H groups in total. The number of hydrazone groups is 1. The predicted molar refractivity (Wildman–Crippen MR) is 106 cm³/mol. The van der Waals surface area contributed by atoms with Crippen molar-refractivity contribution in [2.75, 3.05) is 0 Å². The van der Waals surface area contributed by atoms with Gasteiger partial charge in [0.2, 0.25) is 0 Å². The molecule has 0 bridgehead atoms. The molecular weight excluding hydrogens is 360 g/mol. The number of rotatable bonds is 7. The van der Waals surface area contributed by atoms with Crippen molar-refractivity contribution in [1.82, 2.24) is 10.7 Å². The average molecular weight is 382 g/mol. The largest absolute Gasteiger partial charge is 0.340 e. The molecule has 2 rings (SSSR count). The Bertz CT molecular complexity index is 891. The van der Waals surface area contributed by atoms with Crippen molar-refractivity contribution in [3.63, 3.8) is 0 Å². The first kappa shape index (κ1) is 20.8. The van der Waals surface area contributed by atoms with Crippen molar-refractivity contribution in [3.8, 4) is 0 Å². The van der Waals surface area contributed by atoms with Crippen LogP contribution in [0.5, 0.6) is 0 Å². The summed E-state index contributed by atoms with van der Waals surface area (Å²) in [5.41, 5.74) is 4.39. The van der Waals surface area contributed by atoms with Gasteiger partial charge in [-0.15, -0.1) is 0 Å². The van der Waals surface area contributed by atoms with Crippen molar-refractivity contribution < 1.29 is 14.5 Å². The summed E-state index contributed by atoms with van der Waals surface area (Å²) in [7, 11) is 0. The summed E-state index contributed by atoms with van der Waals surface area (Å²) in [4.78, 5) is 35.0. The zero-order chi connectivity index (χ0) is 20.7. The van der Waals surface area contributed by atoms with E-state index in [2.05, 4.69) is 15.8 Å². The van der Waals surface area contributed by atoms with E-state index in [9.17, 15) is 19.7 Å². The fraction of sp³-hybridized carbons (Fsp3) is 0.250. The number of nitro benzene ring substituents is 1. The molecule has 0 unspecified atom stereocenters. The number of nitrogens with zero attached hydrogens (tertiary/aromatic N) is 2. The standard InChI is InChI=1S/C20H22N4O4/c1-13(2)18(22-19(25)16-6-4-5-14(3)11-16)20(26)23-21-12-15-7-9-17(10-8-15)24(27)28/h4-13,18H,1-3H3,(H,22,25)(H,23,26)/b21-12+/t18-/m1/s1. The van der Waals surface area contributed by atoms with Gasteiger partial charge < -0.3 is 5.32 Å². The maximum absolute atomic E-state index is 12.4. The van der Waals surface area contributed by atoms with E-state index in [1.54, 1.807) is 18.2 Å². The van der Waals surface area contributed by atoms with Gasteiger partial charge in [0, 0.05) is 17.7 Å². The smallest absolute Gasteiger partial charge is 0.269 e. The lowest BCUT2D eigenvalue weighted by Gasteiger charge is -2.20. The van der Waals surface area contributed by atoms with Gasteiger partial charge in [0.25, 0.3) is 17.5 Å². The Morgan fingerprint density at radius 2 is 1.82 bits per heavy atom. The van der Waals surface area contributed by atoms with E-state index in [1.807, 2.05) is 26.8 Å². The average Bonchev–Trinajstić information content (AvgIpc) is 2.65. The van der Waals surface area contributed by atoms with Gasteiger partial charge in [-0.25, -0.2) is 5.43 Å². The molecule has 2 aromatic rings. The first-order valence-corrected chi connectivity index (χ1v) is 8.73. The second kappa shape index (κ2) is 9.40. The molecule has 28 heavy (non-hydrogen) atoms. The highest BCUT2D eigenvalue weighted by Crippen LogP contribution is 2.11. The van der Waals surface area contributed by atoms with Crippen LogP contribution in [0, 0.1) is 23.0 Å². The molecule has 0 spiro atoms. The van der Waals surface area contributed by atoms with Crippen molar-refractivity contribution in [2.45, 2.75) is 26.8 Å². The number of amides is 2. The summed E-state index contributed by atoms with van der Waals surface area (Å²) in [6.45, 7) is 5.53. The van der Waals surface area contributed by atoms with Gasteiger partial charge in [-0.05, 0) is 42.7 Å². The topological polar surface area (TPSA) is 114 Å². The van der Waals surface area contributed by atoms with Crippen LogP contribution in [0.15, 0.2) is 53.6 Å². The predicted octanol–water partition coefficient (Wildman–Crippen LogP) is 2.81. The normalized spacial score (nSPS) is 12.0. The molecule has 146 valence electrons. The Morgan fingerprint density at radius 1 is 1.14 bits per heavy atom. The molecule has 0 aliphatic heterocycles. The van der Waals surface area contributed by atoms with Crippen LogP contribution < -0.4 is 10.7 Å². The SMILES string of the molecule is Cc1cccc(C(=O)N[C@@H](C(=O)N/N=C/c2ccc([N+](=O)[O-])cc2)C(C)C)c1. The highest BCUT2D eigenvalue weighted by Gasteiger charge is 2.24. The highest BCUT2D eigenvalue weighted by atomic mass is 16.6. The minimum atomic E-state index is -0.762. The number of benzene rings is 2. The maximum Gasteiger partial charge on any atom is 0.269 e. The molecule has 0 aliphatic carbocycles. The number of hydrogen-bond donors (Lipinski definition) is 2. The third-order valence-electron chi connectivity index (χ3n) is 4.01. The fourth-order valence-corrected chi connectivity index (χ4v) is 2.47. The molecule has 8 nitrogen and oxygen atoms in total. The molecule has 0 saturated carbocycles. The van der Waals surface area contributed by atoms with Crippen LogP contribution in [0.25, 0.3) is 0 Å². The van der Waals surface area contributed by atoms with Gasteiger partial charge >= 0.3 is 0 Å². The van der Waals surface area contributed by atoms with Gasteiger partial charge in [0.05, 0.1) is 11.1 Å². The van der Waals surface area contributed by atoms with E-state index < -0.39 is 16.9 Å². The first-order valence-electron chi connectivity index (χ1n) is 8.73. The lowest BCUT2D eigenvalue weighted by Crippen LogP contribution is -2.48. The summed E-state index contributed by atoms with van der Waals surface area (Å²) in [5.74, 6) is -0.936. The van der Waals surface area contributed by atoms with E-state index >= 15 is 0 Å². The van der Waals surface area contributed by atoms with Crippen LogP contribution in [-0.2, 0) is 4.79 Å². The molecular formula is C20H22N4O4. The van der Waals surface area contributed by atoms with Gasteiger partial charge in [-0.2, -0.15) is 5.10 Å². The van der Waals surface area contributed by atoms with Crippen molar-refractivity contribution in [1.29, 1.82) is 0 Å². The molecule has 0 heterocycles. The Hall–Kier alpha value is -3.55. The van der Waals surface area contributed by atoms with Crippen molar-refractivity contribution >= 4 is 23.7 Å². The van der Waals surface area contributed by atoms with Crippen LogP contribution in [0.1, 0.15) is 35.3 Å². The molecule has 0 fully saturated rings. The number of hydrogen-bond acceptors (Lipinski definition) is 5. The first-order chi connectivity index (χ1) is 13.3. The van der Waals surface area contributed by atoms with Crippen molar-refractivity contribution in [2.24, 2.45) is 11.0 Å². The zero-order valence-electron chi connectivity index (χ0n) is 15.9. The van der Waals surface area contributed by atoms with E-state index in [4.69, 9.17) is 0 Å². The molecule has 2 aromatic carbocycles. The van der Waals surface area contributed by atoms with Crippen LogP contribution in [0.2, 0.25) is 0 Å². The third kappa shape index (κ3) is 5.73. The van der Waals surface area contributed by atoms with Gasteiger partial charge in [-0.3, -0.25) is 19.7 Å². The Kier molecular flexibility index (Phi) is 6.97. The van der Waals surface area contributed by atoms with E-state index in [-0.39, 0.29) is 17.5 Å². The van der Waals surface area contributed by atoms with E-state index in [0.717, 1.165) is 5.56 Å². The molecule has 0 aromatic heterocycles. The maximum atomic E-state index is 12.4. The lowest BCUT2D eigenvalue weighted by atomic mass is 10.0. The van der Waals surface area contributed by atoms with Crippen LogP contribution in [-0.4, -0.2) is 29.0 Å². The monoisotopic (exact) mass is 382 g/mol. The molecule has 8 heteroatoms. The molecule has 0 saturated heterocycles. The van der Waals surface area contributed by atoms with Gasteiger partial charge in [-0.1, -0.05) is 31.5 Å². The Balaban J connectivity index is 2.00. The summed E-state index contributed by atoms with van der Waals surface area (Å²) >= 11 is 0. The zero-order valence-corrected chi connectivity index (χ0v) is 15.9. The van der Waals surface area contributed by atoms with Crippen LogP contribution in [0.4, 0.5) is 5.69 Å². The van der Waals surface area contributed by atoms with Crippen molar-refractivity contribution in [3.05, 3.63) is 75.3 Å². The molecule has 1 atom stereocenters. The van der Waals surface area contributed by atoms with Crippen LogP contribution >= 0.6 is 0 Å². The second-order valence-electron chi connectivity index (χ2n) is 6.65. The third-order valence-corrected chi connectivity index (χ3v) is 4.01. The highest BCUT2D eigenvalue weighted by molar-refractivity contribution is 5.97. The fourth-order valence-electron chi connectivity index (χ4n) is 2.47. The number of nitrogens with one attached hydrogen (secondary N) is 2. The Labute approximate surface area is 162 Å². The Morgan fingerprint density at radius 3 is 2.39 bits per heavy atom. The van der Waals surface area contributed by atoms with Crippen LogP contribution in [0.3, 0.4) is 0 Å². The van der Waals surface area contributed by atoms with E-state index in [0.29, 0.717) is 11.1 Å². The molecule has 2 amide bonds. The quantitative estimate of drug-likeness (QED) is 0.435. The number of non-ortho nitro benzene ring substituents is 1. The van der Waals surface area contributed by atoms with Gasteiger partial charge in [0.1, 0.15) is 6.04 Å². The number of carbonyl (C=O) groups excluding carboxylic acids is 2. The lowest BCUT2D eigenvalue weighted by molar-refractivity contribution is -0.384. The number of aryl methyl sites for hydroxylation is 1. The molecule has 0 aliphatic rings. The van der Waals surface area contributed by atoms with E-state index in [1.165, 1.54) is 30.5 Å².